The van der Waals surface area contributed by atoms with Crippen LogP contribution in [0.3, 0.4) is 0 Å². The highest BCUT2D eigenvalue weighted by Gasteiger charge is 2.46. The number of ketones is 1. The number of benzene rings is 2. The van der Waals surface area contributed by atoms with E-state index in [1.165, 1.54) is 37.3 Å². The Balaban J connectivity index is 2.24. The molecule has 0 aliphatic carbocycles. The molecule has 0 saturated carbocycles. The van der Waals surface area contributed by atoms with Crippen LogP contribution in [-0.4, -0.2) is 60.8 Å². The zero-order valence-corrected chi connectivity index (χ0v) is 18.7. The number of aromatic hydroxyl groups is 1. The molecule has 0 spiro atoms. The SMILES string of the molecule is CCOc1cc(C2/C(=C(\O)c3cc(Cl)ccc3OC)C(=O)C(=O)N2CCOC)ccc1O. The Labute approximate surface area is 190 Å². The smallest absolute Gasteiger partial charge is 0.295 e. The van der Waals surface area contributed by atoms with Crippen LogP contribution in [0.25, 0.3) is 5.76 Å². The van der Waals surface area contributed by atoms with E-state index in [1.807, 2.05) is 0 Å². The number of phenolic OH excluding ortho intramolecular Hbond substituents is 1. The van der Waals surface area contributed by atoms with Gasteiger partial charge in [0.15, 0.2) is 11.5 Å². The van der Waals surface area contributed by atoms with Crippen molar-refractivity contribution in [1.29, 1.82) is 0 Å². The second kappa shape index (κ2) is 9.93. The number of aliphatic hydroxyl groups is 1. The van der Waals surface area contributed by atoms with E-state index in [-0.39, 0.29) is 41.5 Å². The van der Waals surface area contributed by atoms with Crippen LogP contribution >= 0.6 is 11.6 Å². The maximum Gasteiger partial charge on any atom is 0.295 e. The van der Waals surface area contributed by atoms with Crippen LogP contribution in [0.5, 0.6) is 17.2 Å². The van der Waals surface area contributed by atoms with E-state index >= 15 is 0 Å². The molecule has 1 saturated heterocycles. The number of carbonyl (C=O) groups excluding carboxylic acids is 2. The van der Waals surface area contributed by atoms with E-state index in [0.717, 1.165) is 0 Å². The Hall–Kier alpha value is -3.23. The van der Waals surface area contributed by atoms with Crippen molar-refractivity contribution in [1.82, 2.24) is 4.90 Å². The molecule has 170 valence electrons. The van der Waals surface area contributed by atoms with Gasteiger partial charge in [-0.3, -0.25) is 9.59 Å². The predicted octanol–water partition coefficient (Wildman–Crippen LogP) is 3.52. The van der Waals surface area contributed by atoms with Crippen LogP contribution in [0.2, 0.25) is 5.02 Å². The third-order valence-electron chi connectivity index (χ3n) is 5.09. The standard InChI is InChI=1S/C23H24ClNO7/c1-4-32-18-11-13(5-7-16(18)26)20-19(22(28)23(29)25(20)9-10-30-2)21(27)15-12-14(24)6-8-17(15)31-3/h5-8,11-12,20,26-27H,4,9-10H2,1-3H3/b21-19+. The first kappa shape index (κ1) is 23.4. The molecule has 1 unspecified atom stereocenters. The van der Waals surface area contributed by atoms with Gasteiger partial charge in [-0.25, -0.2) is 0 Å². The van der Waals surface area contributed by atoms with Crippen molar-refractivity contribution in [3.8, 4) is 17.2 Å². The normalized spacial score (nSPS) is 17.6. The lowest BCUT2D eigenvalue weighted by Gasteiger charge is -2.25. The maximum absolute atomic E-state index is 13.0. The first-order valence-corrected chi connectivity index (χ1v) is 10.3. The van der Waals surface area contributed by atoms with E-state index in [0.29, 0.717) is 17.2 Å². The molecule has 1 aliphatic heterocycles. The van der Waals surface area contributed by atoms with E-state index in [1.54, 1.807) is 25.1 Å². The van der Waals surface area contributed by atoms with Crippen molar-refractivity contribution in [2.45, 2.75) is 13.0 Å². The Bertz CT molecular complexity index is 1070. The number of halogens is 1. The molecule has 3 rings (SSSR count). The second-order valence-corrected chi connectivity index (χ2v) is 7.43. The van der Waals surface area contributed by atoms with Crippen LogP contribution in [0.15, 0.2) is 42.0 Å². The highest BCUT2D eigenvalue weighted by atomic mass is 35.5. The largest absolute Gasteiger partial charge is 0.507 e. The van der Waals surface area contributed by atoms with Gasteiger partial charge in [0, 0.05) is 18.7 Å². The molecular formula is C23H24ClNO7. The molecule has 8 nitrogen and oxygen atoms in total. The second-order valence-electron chi connectivity index (χ2n) is 6.99. The van der Waals surface area contributed by atoms with Gasteiger partial charge >= 0.3 is 0 Å². The number of rotatable bonds is 8. The van der Waals surface area contributed by atoms with Gasteiger partial charge in [0.05, 0.1) is 37.5 Å². The number of Topliss-reactive ketones (excluding diaryl/α,β-unsaturated/α-hetero) is 1. The zero-order chi connectivity index (χ0) is 23.4. The monoisotopic (exact) mass is 461 g/mol. The fourth-order valence-electron chi connectivity index (χ4n) is 3.63. The molecule has 2 N–H and O–H groups in total. The lowest BCUT2D eigenvalue weighted by Crippen LogP contribution is -2.32. The molecule has 1 heterocycles. The van der Waals surface area contributed by atoms with Crippen LogP contribution in [0.1, 0.15) is 24.1 Å². The van der Waals surface area contributed by atoms with Gasteiger partial charge in [-0.15, -0.1) is 0 Å². The van der Waals surface area contributed by atoms with Gasteiger partial charge in [0.2, 0.25) is 0 Å². The van der Waals surface area contributed by atoms with E-state index in [9.17, 15) is 19.8 Å². The summed E-state index contributed by atoms with van der Waals surface area (Å²) in [5.41, 5.74) is 0.530. The molecule has 2 aromatic rings. The van der Waals surface area contributed by atoms with Crippen molar-refractivity contribution < 1.29 is 34.0 Å². The van der Waals surface area contributed by atoms with Gasteiger partial charge in [-0.1, -0.05) is 17.7 Å². The highest BCUT2D eigenvalue weighted by Crippen LogP contribution is 2.43. The van der Waals surface area contributed by atoms with Crippen molar-refractivity contribution in [2.24, 2.45) is 0 Å². The summed E-state index contributed by atoms with van der Waals surface area (Å²) in [5.74, 6) is -1.64. The fourth-order valence-corrected chi connectivity index (χ4v) is 3.80. The highest BCUT2D eigenvalue weighted by molar-refractivity contribution is 6.46. The Morgan fingerprint density at radius 2 is 1.88 bits per heavy atom. The molecule has 1 aliphatic rings. The number of carbonyl (C=O) groups is 2. The minimum Gasteiger partial charge on any atom is -0.507 e. The number of ether oxygens (including phenoxy) is 3. The van der Waals surface area contributed by atoms with Crippen molar-refractivity contribution in [3.63, 3.8) is 0 Å². The lowest BCUT2D eigenvalue weighted by atomic mass is 9.94. The van der Waals surface area contributed by atoms with Gasteiger partial charge < -0.3 is 29.3 Å². The summed E-state index contributed by atoms with van der Waals surface area (Å²) in [6.45, 7) is 2.36. The number of likely N-dealkylation sites (tertiary alicyclic amines) is 1. The first-order valence-electron chi connectivity index (χ1n) is 9.91. The molecular weight excluding hydrogens is 438 g/mol. The molecule has 32 heavy (non-hydrogen) atoms. The summed E-state index contributed by atoms with van der Waals surface area (Å²) in [7, 11) is 2.90. The third-order valence-corrected chi connectivity index (χ3v) is 5.33. The van der Waals surface area contributed by atoms with E-state index in [2.05, 4.69) is 0 Å². The molecule has 0 aromatic heterocycles. The molecule has 1 amide bonds. The summed E-state index contributed by atoms with van der Waals surface area (Å²) >= 11 is 6.10. The number of phenols is 1. The molecule has 0 bridgehead atoms. The van der Waals surface area contributed by atoms with Crippen molar-refractivity contribution >= 4 is 29.1 Å². The van der Waals surface area contributed by atoms with Crippen LogP contribution in [-0.2, 0) is 14.3 Å². The summed E-state index contributed by atoms with van der Waals surface area (Å²) in [6, 6.07) is 8.18. The lowest BCUT2D eigenvalue weighted by molar-refractivity contribution is -0.140. The summed E-state index contributed by atoms with van der Waals surface area (Å²) in [5, 5.41) is 21.6. The van der Waals surface area contributed by atoms with Crippen molar-refractivity contribution in [3.05, 3.63) is 58.1 Å². The summed E-state index contributed by atoms with van der Waals surface area (Å²) < 4.78 is 15.9. The Kier molecular flexibility index (Phi) is 7.27. The number of hydrogen-bond acceptors (Lipinski definition) is 7. The Morgan fingerprint density at radius 1 is 1.12 bits per heavy atom. The third kappa shape index (κ3) is 4.37. The van der Waals surface area contributed by atoms with Crippen molar-refractivity contribution in [2.75, 3.05) is 34.0 Å². The fraction of sp³-hybridized carbons (Fsp3) is 0.304. The Morgan fingerprint density at radius 3 is 2.53 bits per heavy atom. The van der Waals surface area contributed by atoms with Gasteiger partial charge in [-0.05, 0) is 42.8 Å². The molecule has 9 heteroatoms. The number of hydrogen-bond donors (Lipinski definition) is 2. The first-order chi connectivity index (χ1) is 15.3. The quantitative estimate of drug-likeness (QED) is 0.352. The van der Waals surface area contributed by atoms with Gasteiger partial charge in [0.1, 0.15) is 11.5 Å². The average Bonchev–Trinajstić information content (AvgIpc) is 3.03. The summed E-state index contributed by atoms with van der Waals surface area (Å²) in [6.07, 6.45) is 0. The topological polar surface area (TPSA) is 106 Å². The molecule has 2 aromatic carbocycles. The van der Waals surface area contributed by atoms with E-state index in [4.69, 9.17) is 25.8 Å². The predicted molar refractivity (Wildman–Crippen MR) is 118 cm³/mol. The molecule has 0 radical (unpaired) electrons. The maximum atomic E-state index is 13.0. The van der Waals surface area contributed by atoms with Crippen LogP contribution in [0, 0.1) is 0 Å². The number of aliphatic hydroxyl groups excluding tert-OH is 1. The van der Waals surface area contributed by atoms with Gasteiger partial charge in [0.25, 0.3) is 11.7 Å². The molecule has 1 fully saturated rings. The average molecular weight is 462 g/mol. The zero-order valence-electron chi connectivity index (χ0n) is 17.9. The number of nitrogens with zero attached hydrogens (tertiary/aromatic N) is 1. The van der Waals surface area contributed by atoms with Crippen LogP contribution < -0.4 is 9.47 Å². The minimum absolute atomic E-state index is 0.0825. The number of amides is 1. The minimum atomic E-state index is -0.936. The molecule has 1 atom stereocenters. The number of methoxy groups -OCH3 is 2. The van der Waals surface area contributed by atoms with Gasteiger partial charge in [-0.2, -0.15) is 0 Å². The van der Waals surface area contributed by atoms with E-state index < -0.39 is 23.5 Å². The van der Waals surface area contributed by atoms with Crippen LogP contribution in [0.4, 0.5) is 0 Å². The summed E-state index contributed by atoms with van der Waals surface area (Å²) in [4.78, 5) is 27.2.